The Morgan fingerprint density at radius 2 is 2.00 bits per heavy atom. The Balaban J connectivity index is 1.98. The topological polar surface area (TPSA) is 70.1 Å². The van der Waals surface area contributed by atoms with E-state index in [0.29, 0.717) is 19.5 Å². The van der Waals surface area contributed by atoms with E-state index < -0.39 is 11.2 Å². The molecule has 0 aromatic heterocycles. The second-order valence-corrected chi connectivity index (χ2v) is 8.33. The van der Waals surface area contributed by atoms with E-state index in [4.69, 9.17) is 16.3 Å². The third kappa shape index (κ3) is 4.76. The quantitative estimate of drug-likeness (QED) is 0.780. The number of halogens is 1. The lowest BCUT2D eigenvalue weighted by atomic mass is 9.81. The minimum Gasteiger partial charge on any atom is -0.444 e. The van der Waals surface area contributed by atoms with Gasteiger partial charge in [0.15, 0.2) is 0 Å². The number of carbonyl (C=O) groups excluding carboxylic acids is 2. The minimum absolute atomic E-state index is 0.0645. The zero-order chi connectivity index (χ0) is 18.1. The number of amides is 2. The first-order chi connectivity index (χ1) is 11.1. The van der Waals surface area contributed by atoms with Gasteiger partial charge in [0, 0.05) is 25.0 Å². The molecular weight excluding hydrogens is 332 g/mol. The van der Waals surface area contributed by atoms with Crippen molar-refractivity contribution < 1.29 is 19.4 Å². The number of nitrogens with zero attached hydrogens (tertiary/aromatic N) is 2. The molecule has 2 rings (SSSR count). The number of rotatable bonds is 4. The van der Waals surface area contributed by atoms with E-state index in [0.717, 1.165) is 12.8 Å². The molecule has 1 N–H and O–H groups in total. The van der Waals surface area contributed by atoms with Crippen molar-refractivity contribution in [1.29, 1.82) is 0 Å². The number of hydrogen-bond donors (Lipinski definition) is 1. The Kier molecular flexibility index (Phi) is 5.70. The molecule has 0 bridgehead atoms. The fourth-order valence-electron chi connectivity index (χ4n) is 3.07. The first kappa shape index (κ1) is 19.3. The smallest absolute Gasteiger partial charge is 0.410 e. The normalized spacial score (nSPS) is 27.8. The van der Waals surface area contributed by atoms with E-state index >= 15 is 0 Å². The average molecular weight is 361 g/mol. The Labute approximate surface area is 149 Å². The molecule has 24 heavy (non-hydrogen) atoms. The molecule has 2 aliphatic rings. The summed E-state index contributed by atoms with van der Waals surface area (Å²) in [6, 6.07) is 0.205. The van der Waals surface area contributed by atoms with Crippen LogP contribution in [0.4, 0.5) is 4.79 Å². The van der Waals surface area contributed by atoms with Gasteiger partial charge in [-0.3, -0.25) is 4.79 Å². The second kappa shape index (κ2) is 7.08. The Hall–Kier alpha value is -1.01. The molecule has 0 spiro atoms. The van der Waals surface area contributed by atoms with Crippen LogP contribution in [0.5, 0.6) is 0 Å². The Morgan fingerprint density at radius 1 is 1.38 bits per heavy atom. The number of carbonyl (C=O) groups is 2. The van der Waals surface area contributed by atoms with E-state index in [1.54, 1.807) is 9.80 Å². The molecule has 2 amide bonds. The van der Waals surface area contributed by atoms with Crippen LogP contribution in [-0.4, -0.2) is 69.7 Å². The zero-order valence-electron chi connectivity index (χ0n) is 15.0. The molecule has 0 aromatic carbocycles. The maximum Gasteiger partial charge on any atom is 0.410 e. The molecule has 138 valence electrons. The number of aliphatic hydroxyl groups is 1. The molecule has 1 aliphatic heterocycles. The average Bonchev–Trinajstić information content (AvgIpc) is 3.30. The van der Waals surface area contributed by atoms with E-state index in [-0.39, 0.29) is 36.4 Å². The maximum atomic E-state index is 12.2. The summed E-state index contributed by atoms with van der Waals surface area (Å²) in [5, 5.41) is 11.0. The van der Waals surface area contributed by atoms with Crippen molar-refractivity contribution >= 4 is 23.6 Å². The zero-order valence-corrected chi connectivity index (χ0v) is 15.8. The number of ether oxygens (including phenoxy) is 1. The highest BCUT2D eigenvalue weighted by atomic mass is 35.5. The van der Waals surface area contributed by atoms with Gasteiger partial charge in [0.05, 0.1) is 12.1 Å². The summed E-state index contributed by atoms with van der Waals surface area (Å²) in [6.07, 6.45) is 2.01. The van der Waals surface area contributed by atoms with Gasteiger partial charge < -0.3 is 19.6 Å². The molecular formula is C17H29ClN2O4. The maximum absolute atomic E-state index is 12.2. The molecule has 1 saturated heterocycles. The molecule has 1 saturated carbocycles. The molecule has 2 unspecified atom stereocenters. The van der Waals surface area contributed by atoms with Crippen molar-refractivity contribution in [2.75, 3.05) is 25.5 Å². The molecule has 1 heterocycles. The molecule has 7 heteroatoms. The third-order valence-electron chi connectivity index (χ3n) is 4.74. The van der Waals surface area contributed by atoms with Crippen molar-refractivity contribution in [3.8, 4) is 0 Å². The monoisotopic (exact) mass is 360 g/mol. The molecule has 2 atom stereocenters. The van der Waals surface area contributed by atoms with Crippen LogP contribution in [0.3, 0.4) is 0 Å². The second-order valence-electron chi connectivity index (χ2n) is 8.07. The van der Waals surface area contributed by atoms with Gasteiger partial charge in [-0.2, -0.15) is 0 Å². The number of hydrogen-bond acceptors (Lipinski definition) is 4. The van der Waals surface area contributed by atoms with Crippen molar-refractivity contribution in [1.82, 2.24) is 9.80 Å². The summed E-state index contributed by atoms with van der Waals surface area (Å²) in [5.41, 5.74) is -1.54. The predicted molar refractivity (Wildman–Crippen MR) is 92.0 cm³/mol. The van der Waals surface area contributed by atoms with E-state index in [1.807, 2.05) is 27.7 Å². The predicted octanol–water partition coefficient (Wildman–Crippen LogP) is 2.22. The molecule has 1 aliphatic carbocycles. The lowest BCUT2D eigenvalue weighted by molar-refractivity contribution is -0.138. The first-order valence-electron chi connectivity index (χ1n) is 8.61. The number of alkyl halides is 1. The summed E-state index contributed by atoms with van der Waals surface area (Å²) in [6.45, 7) is 8.53. The van der Waals surface area contributed by atoms with E-state index in [9.17, 15) is 14.7 Å². The lowest BCUT2D eigenvalue weighted by Crippen LogP contribution is -2.58. The largest absolute Gasteiger partial charge is 0.444 e. The molecule has 2 fully saturated rings. The van der Waals surface area contributed by atoms with Gasteiger partial charge >= 0.3 is 6.09 Å². The Morgan fingerprint density at radius 3 is 2.46 bits per heavy atom. The van der Waals surface area contributed by atoms with Crippen molar-refractivity contribution in [2.45, 2.75) is 64.2 Å². The summed E-state index contributed by atoms with van der Waals surface area (Å²) in [4.78, 5) is 27.6. The fourth-order valence-corrected chi connectivity index (χ4v) is 3.23. The van der Waals surface area contributed by atoms with Gasteiger partial charge in [-0.05, 0) is 40.0 Å². The summed E-state index contributed by atoms with van der Waals surface area (Å²) in [5.74, 6) is -0.345. The Bertz CT molecular complexity index is 489. The van der Waals surface area contributed by atoms with Crippen LogP contribution in [0.25, 0.3) is 0 Å². The summed E-state index contributed by atoms with van der Waals surface area (Å²) in [7, 11) is 0. The van der Waals surface area contributed by atoms with Crippen molar-refractivity contribution in [2.24, 2.45) is 5.92 Å². The van der Waals surface area contributed by atoms with Gasteiger partial charge in [-0.15, -0.1) is 11.6 Å². The minimum atomic E-state index is -0.997. The lowest BCUT2D eigenvalue weighted by Gasteiger charge is -2.45. The molecule has 0 radical (unpaired) electrons. The van der Waals surface area contributed by atoms with Gasteiger partial charge in [0.1, 0.15) is 11.5 Å². The van der Waals surface area contributed by atoms with Crippen LogP contribution < -0.4 is 0 Å². The SMILES string of the molecule is CC1CN(C(=O)OC(C)(C)C)CCC1(O)CN(C(=O)CCl)C1CC1. The standard InChI is InChI=1S/C17H29ClN2O4/c1-12-10-19(15(22)24-16(2,3)4)8-7-17(12,23)11-20(13-5-6-13)14(21)9-18/h12-13,23H,5-11H2,1-4H3. The van der Waals surface area contributed by atoms with E-state index in [1.165, 1.54) is 0 Å². The van der Waals surface area contributed by atoms with Crippen LogP contribution in [0.1, 0.15) is 47.0 Å². The summed E-state index contributed by atoms with van der Waals surface area (Å²) < 4.78 is 5.40. The van der Waals surface area contributed by atoms with Crippen LogP contribution in [0.15, 0.2) is 0 Å². The van der Waals surface area contributed by atoms with Crippen LogP contribution in [-0.2, 0) is 9.53 Å². The van der Waals surface area contributed by atoms with Crippen LogP contribution in [0.2, 0.25) is 0 Å². The van der Waals surface area contributed by atoms with Crippen LogP contribution in [0, 0.1) is 5.92 Å². The first-order valence-corrected chi connectivity index (χ1v) is 9.15. The van der Waals surface area contributed by atoms with Crippen LogP contribution >= 0.6 is 11.6 Å². The van der Waals surface area contributed by atoms with Gasteiger partial charge in [0.2, 0.25) is 5.91 Å². The molecule has 6 nitrogen and oxygen atoms in total. The highest BCUT2D eigenvalue weighted by molar-refractivity contribution is 6.27. The highest BCUT2D eigenvalue weighted by Gasteiger charge is 2.45. The van der Waals surface area contributed by atoms with Gasteiger partial charge in [-0.1, -0.05) is 6.92 Å². The summed E-state index contributed by atoms with van der Waals surface area (Å²) >= 11 is 5.70. The van der Waals surface area contributed by atoms with E-state index in [2.05, 4.69) is 0 Å². The van der Waals surface area contributed by atoms with Crippen molar-refractivity contribution in [3.63, 3.8) is 0 Å². The number of piperidine rings is 1. The number of likely N-dealkylation sites (tertiary alicyclic amines) is 1. The highest BCUT2D eigenvalue weighted by Crippen LogP contribution is 2.34. The third-order valence-corrected chi connectivity index (χ3v) is 4.97. The van der Waals surface area contributed by atoms with Crippen molar-refractivity contribution in [3.05, 3.63) is 0 Å². The van der Waals surface area contributed by atoms with Gasteiger partial charge in [0.25, 0.3) is 0 Å². The van der Waals surface area contributed by atoms with Gasteiger partial charge in [-0.25, -0.2) is 4.79 Å². The fraction of sp³-hybridized carbons (Fsp3) is 0.882. The molecule has 0 aromatic rings.